The lowest BCUT2D eigenvalue weighted by Gasteiger charge is -2.17. The molecule has 2 N–H and O–H groups in total. The second-order valence-corrected chi connectivity index (χ2v) is 4.72. The number of rotatable bonds is 3. The predicted octanol–water partition coefficient (Wildman–Crippen LogP) is 3.53. The first-order chi connectivity index (χ1) is 9.77. The molecule has 0 atom stereocenters. The molecule has 1 aromatic carbocycles. The van der Waals surface area contributed by atoms with Crippen molar-refractivity contribution in [3.05, 3.63) is 35.9 Å². The molecule has 0 aliphatic carbocycles. The summed E-state index contributed by atoms with van der Waals surface area (Å²) >= 11 is 0. The zero-order valence-corrected chi connectivity index (χ0v) is 11.5. The minimum absolute atomic E-state index is 0.228. The van der Waals surface area contributed by atoms with Gasteiger partial charge < -0.3 is 10.5 Å². The van der Waals surface area contributed by atoms with Crippen LogP contribution in [0.25, 0.3) is 11.3 Å². The molecule has 2 rings (SSSR count). The second kappa shape index (κ2) is 5.59. The van der Waals surface area contributed by atoms with Gasteiger partial charge in [-0.1, -0.05) is 6.07 Å². The Balaban J connectivity index is 2.48. The maximum absolute atomic E-state index is 13.0. The molecule has 21 heavy (non-hydrogen) atoms. The van der Waals surface area contributed by atoms with E-state index < -0.39 is 11.7 Å². The minimum Gasteiger partial charge on any atom is -0.490 e. The van der Waals surface area contributed by atoms with Gasteiger partial charge in [0.2, 0.25) is 0 Å². The molecular weight excluding hydrogens is 283 g/mol. The van der Waals surface area contributed by atoms with Crippen molar-refractivity contribution < 1.29 is 17.9 Å². The van der Waals surface area contributed by atoms with Crippen LogP contribution in [0.2, 0.25) is 0 Å². The van der Waals surface area contributed by atoms with Crippen molar-refractivity contribution in [2.45, 2.75) is 26.1 Å². The van der Waals surface area contributed by atoms with Crippen LogP contribution in [-0.4, -0.2) is 16.3 Å². The Bertz CT molecular complexity index is 624. The molecule has 0 saturated heterocycles. The van der Waals surface area contributed by atoms with Crippen LogP contribution in [0.5, 0.6) is 5.75 Å². The van der Waals surface area contributed by atoms with Gasteiger partial charge in [0.15, 0.2) is 0 Å². The summed E-state index contributed by atoms with van der Waals surface area (Å²) in [6, 6.07) is 6.73. The fourth-order valence-corrected chi connectivity index (χ4v) is 1.76. The van der Waals surface area contributed by atoms with E-state index in [-0.39, 0.29) is 17.7 Å². The molecule has 0 saturated carbocycles. The van der Waals surface area contributed by atoms with Gasteiger partial charge in [0.1, 0.15) is 11.6 Å². The third kappa shape index (κ3) is 3.62. The first-order valence-electron chi connectivity index (χ1n) is 6.25. The molecule has 0 radical (unpaired) electrons. The van der Waals surface area contributed by atoms with E-state index in [2.05, 4.69) is 10.2 Å². The number of hydrogen-bond acceptors (Lipinski definition) is 4. The van der Waals surface area contributed by atoms with Crippen molar-refractivity contribution in [1.29, 1.82) is 0 Å². The number of halogens is 3. The van der Waals surface area contributed by atoms with E-state index >= 15 is 0 Å². The van der Waals surface area contributed by atoms with Gasteiger partial charge in [-0.05, 0) is 38.1 Å². The SMILES string of the molecule is CC(C)Oc1cc(-c2ccc(N)nn2)ccc1C(F)(F)F. The number of anilines is 1. The highest BCUT2D eigenvalue weighted by atomic mass is 19.4. The minimum atomic E-state index is -4.48. The smallest absolute Gasteiger partial charge is 0.419 e. The molecule has 2 aromatic rings. The molecule has 7 heteroatoms. The van der Waals surface area contributed by atoms with Gasteiger partial charge in [-0.2, -0.15) is 13.2 Å². The number of nitrogen functional groups attached to an aromatic ring is 1. The van der Waals surface area contributed by atoms with Crippen molar-refractivity contribution in [3.63, 3.8) is 0 Å². The van der Waals surface area contributed by atoms with Gasteiger partial charge in [-0.15, -0.1) is 10.2 Å². The van der Waals surface area contributed by atoms with Gasteiger partial charge in [0.05, 0.1) is 17.4 Å². The Morgan fingerprint density at radius 2 is 1.81 bits per heavy atom. The van der Waals surface area contributed by atoms with Crippen LogP contribution in [0.15, 0.2) is 30.3 Å². The number of ether oxygens (including phenoxy) is 1. The monoisotopic (exact) mass is 297 g/mol. The average molecular weight is 297 g/mol. The number of aromatic nitrogens is 2. The molecule has 0 aliphatic rings. The Morgan fingerprint density at radius 3 is 2.33 bits per heavy atom. The number of nitrogens with two attached hydrogens (primary N) is 1. The number of hydrogen-bond donors (Lipinski definition) is 1. The molecule has 1 heterocycles. The van der Waals surface area contributed by atoms with Crippen molar-refractivity contribution in [3.8, 4) is 17.0 Å². The van der Waals surface area contributed by atoms with Crippen molar-refractivity contribution in [1.82, 2.24) is 10.2 Å². The number of nitrogens with zero attached hydrogens (tertiary/aromatic N) is 2. The molecular formula is C14H14F3N3O. The molecule has 112 valence electrons. The van der Waals surface area contributed by atoms with Crippen LogP contribution in [0, 0.1) is 0 Å². The van der Waals surface area contributed by atoms with Gasteiger partial charge in [0, 0.05) is 5.56 Å². The van der Waals surface area contributed by atoms with E-state index in [1.807, 2.05) is 0 Å². The first kappa shape index (κ1) is 15.1. The highest BCUT2D eigenvalue weighted by Gasteiger charge is 2.34. The standard InChI is InChI=1S/C14H14F3N3O/c1-8(2)21-12-7-9(3-4-10(12)14(15,16)17)11-5-6-13(18)20-19-11/h3-8H,1-2H3,(H2,18,20). The molecule has 0 amide bonds. The van der Waals surface area contributed by atoms with E-state index in [0.717, 1.165) is 6.07 Å². The Morgan fingerprint density at radius 1 is 1.10 bits per heavy atom. The third-order valence-corrected chi connectivity index (χ3v) is 2.63. The maximum Gasteiger partial charge on any atom is 0.419 e. The molecule has 0 unspecified atom stereocenters. The van der Waals surface area contributed by atoms with Crippen LogP contribution in [-0.2, 0) is 6.18 Å². The summed E-state index contributed by atoms with van der Waals surface area (Å²) in [6.45, 7) is 3.33. The zero-order valence-electron chi connectivity index (χ0n) is 11.5. The Kier molecular flexibility index (Phi) is 4.02. The first-order valence-corrected chi connectivity index (χ1v) is 6.25. The van der Waals surface area contributed by atoms with E-state index in [1.165, 1.54) is 18.2 Å². The van der Waals surface area contributed by atoms with Crippen LogP contribution >= 0.6 is 0 Å². The molecule has 4 nitrogen and oxygen atoms in total. The normalized spacial score (nSPS) is 11.7. The van der Waals surface area contributed by atoms with Gasteiger partial charge in [0.25, 0.3) is 0 Å². The summed E-state index contributed by atoms with van der Waals surface area (Å²) in [6.07, 6.45) is -4.85. The summed E-state index contributed by atoms with van der Waals surface area (Å²) < 4.78 is 44.1. The highest BCUT2D eigenvalue weighted by Crippen LogP contribution is 2.38. The van der Waals surface area contributed by atoms with E-state index in [9.17, 15) is 13.2 Å². The van der Waals surface area contributed by atoms with Crippen LogP contribution in [0.3, 0.4) is 0 Å². The number of alkyl halides is 3. The Labute approximate surface area is 119 Å². The average Bonchev–Trinajstić information content (AvgIpc) is 2.37. The van der Waals surface area contributed by atoms with Crippen LogP contribution in [0.1, 0.15) is 19.4 Å². The summed E-state index contributed by atoms with van der Waals surface area (Å²) in [5, 5.41) is 7.53. The molecule has 0 bridgehead atoms. The fraction of sp³-hybridized carbons (Fsp3) is 0.286. The van der Waals surface area contributed by atoms with E-state index in [1.54, 1.807) is 19.9 Å². The van der Waals surface area contributed by atoms with E-state index in [4.69, 9.17) is 10.5 Å². The van der Waals surface area contributed by atoms with Gasteiger partial charge in [-0.3, -0.25) is 0 Å². The summed E-state index contributed by atoms with van der Waals surface area (Å²) in [4.78, 5) is 0. The summed E-state index contributed by atoms with van der Waals surface area (Å²) in [5.74, 6) is 0.0120. The fourth-order valence-electron chi connectivity index (χ4n) is 1.76. The lowest BCUT2D eigenvalue weighted by Crippen LogP contribution is -2.13. The van der Waals surface area contributed by atoms with Gasteiger partial charge >= 0.3 is 6.18 Å². The molecule has 0 aliphatic heterocycles. The second-order valence-electron chi connectivity index (χ2n) is 4.72. The lowest BCUT2D eigenvalue weighted by molar-refractivity contribution is -0.139. The van der Waals surface area contributed by atoms with Crippen molar-refractivity contribution in [2.24, 2.45) is 0 Å². The quantitative estimate of drug-likeness (QED) is 0.941. The van der Waals surface area contributed by atoms with Crippen molar-refractivity contribution >= 4 is 5.82 Å². The third-order valence-electron chi connectivity index (χ3n) is 2.63. The molecule has 1 aromatic heterocycles. The largest absolute Gasteiger partial charge is 0.490 e. The number of benzene rings is 1. The maximum atomic E-state index is 13.0. The topological polar surface area (TPSA) is 61.0 Å². The van der Waals surface area contributed by atoms with Gasteiger partial charge in [-0.25, -0.2) is 0 Å². The Hall–Kier alpha value is -2.31. The zero-order chi connectivity index (χ0) is 15.6. The van der Waals surface area contributed by atoms with Crippen LogP contribution < -0.4 is 10.5 Å². The molecule has 0 spiro atoms. The van der Waals surface area contributed by atoms with Crippen molar-refractivity contribution in [2.75, 3.05) is 5.73 Å². The van der Waals surface area contributed by atoms with E-state index in [0.29, 0.717) is 11.3 Å². The van der Waals surface area contributed by atoms with Crippen LogP contribution in [0.4, 0.5) is 19.0 Å². The lowest BCUT2D eigenvalue weighted by atomic mass is 10.1. The predicted molar refractivity (Wildman–Crippen MR) is 72.6 cm³/mol. The highest BCUT2D eigenvalue weighted by molar-refractivity contribution is 5.63. The molecule has 0 fully saturated rings. The summed E-state index contributed by atoms with van der Waals surface area (Å²) in [5.41, 5.74) is 5.52. The summed E-state index contributed by atoms with van der Waals surface area (Å²) in [7, 11) is 0.